The summed E-state index contributed by atoms with van der Waals surface area (Å²) in [4.78, 5) is 0.132. The fourth-order valence-electron chi connectivity index (χ4n) is 10.00. The molecule has 0 fully saturated rings. The van der Waals surface area contributed by atoms with Crippen molar-refractivity contribution in [1.29, 1.82) is 0 Å². The number of hydrogen-bond donors (Lipinski definition) is 7. The van der Waals surface area contributed by atoms with E-state index in [4.69, 9.17) is 18.6 Å². The van der Waals surface area contributed by atoms with Crippen LogP contribution in [-0.4, -0.2) is 175 Å². The highest BCUT2D eigenvalue weighted by molar-refractivity contribution is 7.87. The van der Waals surface area contributed by atoms with E-state index < -0.39 is 142 Å². The summed E-state index contributed by atoms with van der Waals surface area (Å²) in [5.41, 5.74) is -0.399. The lowest BCUT2D eigenvalue weighted by Crippen LogP contribution is -2.31. The summed E-state index contributed by atoms with van der Waals surface area (Å²) in [5, 5.41) is 0. The fourth-order valence-corrected chi connectivity index (χ4v) is 14.7. The third-order valence-electron chi connectivity index (χ3n) is 13.9. The standard InChI is InChI=1S/C49H72N2O26S8/c1-48(22-8-14-28-78(52,53)54)38-34-42(76-26-12-18-32-82(64,65)66)44(84(70,71)72)36-40(38)50(24-10-16-30-80(58,59)60)46(48)20-6-4-3-5-7-21-47-49(2,23-9-15-29-79(55,56)57)39-35-43(77-27-13-19-33-83(67,68)69)45(85(73,74)75)37-41(39)51(47)25-11-17-31-81(61,62)63/h3-7,20-21,34-37H,8-19,22-33H2,1-2H3,(H7-,52,53,54,55,56,57,58,59,60,61,62,63,64,65,66,67,68,69,70,71,72,73,74,75). The van der Waals surface area contributed by atoms with E-state index in [0.29, 0.717) is 22.5 Å². The van der Waals surface area contributed by atoms with Gasteiger partial charge in [0, 0.05) is 47.5 Å². The van der Waals surface area contributed by atoms with Crippen molar-refractivity contribution >= 4 is 98.0 Å². The molecule has 2 heterocycles. The molecule has 2 unspecified atom stereocenters. The average molecular weight is 1360 g/mol. The van der Waals surface area contributed by atoms with Gasteiger partial charge in [0.05, 0.1) is 53.1 Å². The van der Waals surface area contributed by atoms with Crippen LogP contribution in [0.25, 0.3) is 0 Å². The lowest BCUT2D eigenvalue weighted by Gasteiger charge is -2.30. The van der Waals surface area contributed by atoms with Crippen LogP contribution < -0.4 is 14.4 Å². The van der Waals surface area contributed by atoms with E-state index in [-0.39, 0.29) is 133 Å². The molecule has 0 aromatic heterocycles. The van der Waals surface area contributed by atoms with Crippen LogP contribution in [0.5, 0.6) is 11.5 Å². The SMILES string of the molecule is CC1(CCCCS(=O)(=O)O)C(/C=C/C=C/C=C/C=C2/N(CCCCS(=O)(=O)O)c3cc(S(=O)(=O)O)c(OCCCCS(=O)(=O)O)cc3C2(C)CCCCS(=O)(=O)O)=[N+](CCCCS(=O)(=O)O)c2cc(S(=O)(=O)[O-])c(OCCCCS(=O)(=O)O)cc21. The molecule has 2 aliphatic rings. The zero-order valence-corrected chi connectivity index (χ0v) is 52.9. The Kier molecular flexibility index (Phi) is 25.7. The fraction of sp³-hybridized carbons (Fsp3) is 0.571. The molecule has 0 saturated heterocycles. The first kappa shape index (κ1) is 73.2. The average Bonchev–Trinajstić information content (AvgIpc) is 1.62. The minimum atomic E-state index is -5.31. The van der Waals surface area contributed by atoms with Gasteiger partial charge in [0.15, 0.2) is 5.71 Å². The number of rotatable bonds is 38. The van der Waals surface area contributed by atoms with Gasteiger partial charge in [-0.2, -0.15) is 63.5 Å². The van der Waals surface area contributed by atoms with E-state index in [1.54, 1.807) is 65.9 Å². The Balaban J connectivity index is 1.88. The van der Waals surface area contributed by atoms with Crippen LogP contribution in [0.4, 0.5) is 11.4 Å². The monoisotopic (exact) mass is 1360 g/mol. The lowest BCUT2D eigenvalue weighted by atomic mass is 9.75. The normalized spacial score (nSPS) is 18.8. The number of hydrogen-bond acceptors (Lipinski definition) is 20. The van der Waals surface area contributed by atoms with Gasteiger partial charge in [-0.15, -0.1) is 0 Å². The molecule has 0 saturated carbocycles. The molecule has 2 aromatic rings. The first-order valence-electron chi connectivity index (χ1n) is 26.4. The van der Waals surface area contributed by atoms with Gasteiger partial charge in [-0.25, -0.2) is 8.42 Å². The third kappa shape index (κ3) is 24.0. The van der Waals surface area contributed by atoms with E-state index in [0.717, 1.165) is 12.1 Å². The van der Waals surface area contributed by atoms with Crippen LogP contribution in [0.1, 0.15) is 115 Å². The summed E-state index contributed by atoms with van der Waals surface area (Å²) in [7, 11) is -36.7. The predicted molar refractivity (Wildman–Crippen MR) is 312 cm³/mol. The molecule has 4 rings (SSSR count). The summed E-state index contributed by atoms with van der Waals surface area (Å²) in [6.45, 7) is 2.83. The van der Waals surface area contributed by atoms with Gasteiger partial charge in [0.25, 0.3) is 70.8 Å². The number of benzene rings is 2. The first-order valence-corrected chi connectivity index (χ1v) is 38.9. The minimum absolute atomic E-state index is 0.00775. The molecule has 0 bridgehead atoms. The molecular formula is C49H72N2O26S8. The Morgan fingerprint density at radius 1 is 0.482 bits per heavy atom. The molecule has 482 valence electrons. The van der Waals surface area contributed by atoms with Crippen LogP contribution in [-0.2, 0) is 91.8 Å². The van der Waals surface area contributed by atoms with Crippen molar-refractivity contribution in [2.24, 2.45) is 0 Å². The highest BCUT2D eigenvalue weighted by Gasteiger charge is 2.49. The van der Waals surface area contributed by atoms with Crippen LogP contribution in [0.3, 0.4) is 0 Å². The van der Waals surface area contributed by atoms with Crippen molar-refractivity contribution in [3.8, 4) is 11.5 Å². The maximum absolute atomic E-state index is 12.9. The van der Waals surface area contributed by atoms with Gasteiger partial charge in [-0.1, -0.05) is 43.2 Å². The number of unbranched alkanes of at least 4 members (excludes halogenated alkanes) is 6. The Labute approximate surface area is 497 Å². The highest BCUT2D eigenvalue weighted by atomic mass is 32.2. The van der Waals surface area contributed by atoms with Gasteiger partial charge in [0.2, 0.25) is 5.69 Å². The minimum Gasteiger partial charge on any atom is -0.744 e. The zero-order valence-electron chi connectivity index (χ0n) is 46.4. The molecule has 0 radical (unpaired) electrons. The summed E-state index contributed by atoms with van der Waals surface area (Å²) < 4.78 is 283. The molecule has 85 heavy (non-hydrogen) atoms. The molecule has 2 aromatic carbocycles. The topological polar surface area (TPSA) is 462 Å². The summed E-state index contributed by atoms with van der Waals surface area (Å²) >= 11 is 0. The molecule has 0 aliphatic carbocycles. The van der Waals surface area contributed by atoms with Crippen molar-refractivity contribution in [2.45, 2.75) is 124 Å². The quantitative estimate of drug-likeness (QED) is 0.0200. The largest absolute Gasteiger partial charge is 0.744 e. The first-order chi connectivity index (χ1) is 38.9. The Morgan fingerprint density at radius 2 is 0.894 bits per heavy atom. The van der Waals surface area contributed by atoms with Crippen molar-refractivity contribution in [2.75, 3.05) is 65.7 Å². The maximum atomic E-state index is 12.9. The van der Waals surface area contributed by atoms with E-state index in [9.17, 15) is 94.7 Å². The van der Waals surface area contributed by atoms with Crippen LogP contribution in [0.15, 0.2) is 82.3 Å². The molecule has 0 amide bonds. The molecule has 7 N–H and O–H groups in total. The van der Waals surface area contributed by atoms with Gasteiger partial charge < -0.3 is 18.9 Å². The van der Waals surface area contributed by atoms with E-state index in [1.807, 2.05) is 0 Å². The number of allylic oxidation sites excluding steroid dienone is 8. The molecule has 0 spiro atoms. The second kappa shape index (κ2) is 29.8. The second-order valence-electron chi connectivity index (χ2n) is 20.8. The second-order valence-corrected chi connectivity index (χ2v) is 32.9. The summed E-state index contributed by atoms with van der Waals surface area (Å²) in [5.74, 6) is -4.52. The van der Waals surface area contributed by atoms with Crippen molar-refractivity contribution in [3.05, 3.63) is 83.6 Å². The van der Waals surface area contributed by atoms with E-state index in [1.165, 1.54) is 12.1 Å². The van der Waals surface area contributed by atoms with Crippen LogP contribution in [0.2, 0.25) is 0 Å². The van der Waals surface area contributed by atoms with E-state index >= 15 is 0 Å². The number of fused-ring (bicyclic) bond motifs is 2. The van der Waals surface area contributed by atoms with Gasteiger partial charge in [-0.05, 0) is 114 Å². The summed E-state index contributed by atoms with van der Waals surface area (Å²) in [6, 6.07) is 4.83. The predicted octanol–water partition coefficient (Wildman–Crippen LogP) is 5.07. The highest BCUT2D eigenvalue weighted by Crippen LogP contribution is 2.53. The Hall–Kier alpha value is -4.25. The molecule has 2 aliphatic heterocycles. The Bertz CT molecular complexity index is 3840. The molecular weight excluding hydrogens is 1290 g/mol. The van der Waals surface area contributed by atoms with Crippen LogP contribution >= 0.6 is 0 Å². The third-order valence-corrected chi connectivity index (χ3v) is 20.5. The summed E-state index contributed by atoms with van der Waals surface area (Å²) in [6.07, 6.45) is 11.3. The maximum Gasteiger partial charge on any atom is 0.298 e. The van der Waals surface area contributed by atoms with Gasteiger partial charge in [0.1, 0.15) is 38.0 Å². The Morgan fingerprint density at radius 3 is 1.36 bits per heavy atom. The smallest absolute Gasteiger partial charge is 0.298 e. The number of ether oxygens (including phenoxy) is 2. The number of anilines is 1. The number of nitrogens with zero attached hydrogens (tertiary/aromatic N) is 2. The lowest BCUT2D eigenvalue weighted by molar-refractivity contribution is -0.438. The van der Waals surface area contributed by atoms with Crippen molar-refractivity contribution in [1.82, 2.24) is 0 Å². The molecule has 2 atom stereocenters. The van der Waals surface area contributed by atoms with Crippen LogP contribution in [0, 0.1) is 0 Å². The van der Waals surface area contributed by atoms with Gasteiger partial charge in [-0.3, -0.25) is 31.9 Å². The van der Waals surface area contributed by atoms with Crippen molar-refractivity contribution in [3.63, 3.8) is 0 Å². The van der Waals surface area contributed by atoms with E-state index in [2.05, 4.69) is 0 Å². The molecule has 28 nitrogen and oxygen atoms in total. The van der Waals surface area contributed by atoms with Gasteiger partial charge >= 0.3 is 0 Å². The van der Waals surface area contributed by atoms with Crippen molar-refractivity contribution < 1.29 is 118 Å². The molecule has 36 heteroatoms. The zero-order chi connectivity index (χ0) is 64.1.